The molecule has 0 aliphatic carbocycles. The number of hydrogen-bond donors (Lipinski definition) is 0. The first-order valence-corrected chi connectivity index (χ1v) is 6.32. The molecule has 1 aromatic rings. The van der Waals surface area contributed by atoms with Gasteiger partial charge in [-0.2, -0.15) is 0 Å². The van der Waals surface area contributed by atoms with Crippen molar-refractivity contribution in [3.8, 4) is 0 Å². The van der Waals surface area contributed by atoms with Gasteiger partial charge >= 0.3 is 0 Å². The fraction of sp³-hybridized carbons (Fsp3) is 0.700. The molecule has 0 bridgehead atoms. The van der Waals surface area contributed by atoms with Crippen molar-refractivity contribution in [3.05, 3.63) is 16.1 Å². The lowest BCUT2D eigenvalue weighted by molar-refractivity contribution is -0.0209. The lowest BCUT2D eigenvalue weighted by atomic mass is 9.97. The van der Waals surface area contributed by atoms with Gasteiger partial charge in [-0.3, -0.25) is 0 Å². The van der Waals surface area contributed by atoms with Crippen molar-refractivity contribution in [2.24, 2.45) is 5.92 Å². The third kappa shape index (κ3) is 2.10. The minimum atomic E-state index is 0.139. The van der Waals surface area contributed by atoms with Gasteiger partial charge in [0.2, 0.25) is 0 Å². The van der Waals surface area contributed by atoms with Gasteiger partial charge in [0.15, 0.2) is 0 Å². The van der Waals surface area contributed by atoms with Crippen LogP contribution >= 0.6 is 22.9 Å². The molecule has 1 fully saturated rings. The molecule has 1 saturated heterocycles. The van der Waals surface area contributed by atoms with Crippen molar-refractivity contribution in [2.45, 2.75) is 25.9 Å². The van der Waals surface area contributed by atoms with Gasteiger partial charge in [0.25, 0.3) is 0 Å². The lowest BCUT2D eigenvalue weighted by Gasteiger charge is -2.28. The van der Waals surface area contributed by atoms with E-state index in [1.54, 1.807) is 11.3 Å². The molecule has 0 saturated carbocycles. The highest BCUT2D eigenvalue weighted by atomic mass is 35.5. The highest BCUT2D eigenvalue weighted by molar-refractivity contribution is 7.09. The molecule has 0 radical (unpaired) electrons. The highest BCUT2D eigenvalue weighted by Crippen LogP contribution is 2.35. The number of alkyl halides is 1. The van der Waals surface area contributed by atoms with Gasteiger partial charge < -0.3 is 4.74 Å². The van der Waals surface area contributed by atoms with Crippen LogP contribution in [-0.4, -0.2) is 17.5 Å². The Morgan fingerprint density at radius 1 is 1.71 bits per heavy atom. The summed E-state index contributed by atoms with van der Waals surface area (Å²) in [4.78, 5) is 4.47. The summed E-state index contributed by atoms with van der Waals surface area (Å²) in [6, 6.07) is 0. The average Bonchev–Trinajstić information content (AvgIpc) is 2.65. The van der Waals surface area contributed by atoms with Gasteiger partial charge in [0.1, 0.15) is 11.1 Å². The summed E-state index contributed by atoms with van der Waals surface area (Å²) in [5.41, 5.74) is 1.08. The molecular weight excluding hydrogens is 218 g/mol. The molecule has 1 aliphatic rings. The first-order valence-electron chi connectivity index (χ1n) is 4.91. The lowest BCUT2D eigenvalue weighted by Crippen LogP contribution is -2.23. The van der Waals surface area contributed by atoms with Crippen LogP contribution in [0.25, 0.3) is 0 Å². The summed E-state index contributed by atoms with van der Waals surface area (Å²) < 4.78 is 5.74. The van der Waals surface area contributed by atoms with Crippen molar-refractivity contribution in [1.82, 2.24) is 4.98 Å². The standard InChI is InChI=1S/C10H14ClNOS/c1-7-6-14-10(12-7)9-8(5-11)3-2-4-13-9/h6,8-9H,2-5H2,1H3. The van der Waals surface area contributed by atoms with E-state index in [4.69, 9.17) is 16.3 Å². The van der Waals surface area contributed by atoms with E-state index in [-0.39, 0.29) is 6.10 Å². The topological polar surface area (TPSA) is 22.1 Å². The Balaban J connectivity index is 2.14. The molecule has 0 N–H and O–H groups in total. The molecule has 1 aromatic heterocycles. The first-order chi connectivity index (χ1) is 6.81. The van der Waals surface area contributed by atoms with Gasteiger partial charge in [0, 0.05) is 29.5 Å². The number of ether oxygens (including phenoxy) is 1. The first kappa shape index (κ1) is 10.4. The Hall–Kier alpha value is -0.120. The molecule has 1 aliphatic heterocycles. The van der Waals surface area contributed by atoms with Crippen molar-refractivity contribution in [2.75, 3.05) is 12.5 Å². The molecule has 0 aromatic carbocycles. The average molecular weight is 232 g/mol. The second-order valence-corrected chi connectivity index (χ2v) is 4.87. The van der Waals surface area contributed by atoms with Gasteiger partial charge in [-0.25, -0.2) is 4.98 Å². The fourth-order valence-corrected chi connectivity index (χ4v) is 3.03. The quantitative estimate of drug-likeness (QED) is 0.730. The number of nitrogens with zero attached hydrogens (tertiary/aromatic N) is 1. The molecule has 2 heterocycles. The van der Waals surface area contributed by atoms with Gasteiger partial charge in [0.05, 0.1) is 0 Å². The highest BCUT2D eigenvalue weighted by Gasteiger charge is 2.28. The van der Waals surface area contributed by atoms with Crippen LogP contribution < -0.4 is 0 Å². The zero-order valence-corrected chi connectivity index (χ0v) is 9.77. The van der Waals surface area contributed by atoms with Crippen LogP contribution in [0, 0.1) is 12.8 Å². The maximum absolute atomic E-state index is 5.93. The van der Waals surface area contributed by atoms with Crippen LogP contribution in [0.3, 0.4) is 0 Å². The van der Waals surface area contributed by atoms with Crippen LogP contribution in [0.4, 0.5) is 0 Å². The zero-order chi connectivity index (χ0) is 9.97. The summed E-state index contributed by atoms with van der Waals surface area (Å²) in [5, 5.41) is 3.16. The molecule has 4 heteroatoms. The Kier molecular flexibility index (Phi) is 3.42. The van der Waals surface area contributed by atoms with Gasteiger partial charge in [-0.05, 0) is 19.8 Å². The summed E-state index contributed by atoms with van der Waals surface area (Å²) in [5.74, 6) is 1.11. The van der Waals surface area contributed by atoms with Crippen molar-refractivity contribution in [1.29, 1.82) is 0 Å². The molecule has 2 unspecified atom stereocenters. The second-order valence-electron chi connectivity index (χ2n) is 3.68. The number of thiazole rings is 1. The number of halogens is 1. The second kappa shape index (κ2) is 4.60. The number of hydrogen-bond acceptors (Lipinski definition) is 3. The van der Waals surface area contributed by atoms with E-state index in [2.05, 4.69) is 10.4 Å². The van der Waals surface area contributed by atoms with Gasteiger partial charge in [-0.15, -0.1) is 22.9 Å². The van der Waals surface area contributed by atoms with Crippen LogP contribution in [0.15, 0.2) is 5.38 Å². The fourth-order valence-electron chi connectivity index (χ4n) is 1.78. The molecule has 0 amide bonds. The Labute approximate surface area is 93.3 Å². The number of aryl methyl sites for hydroxylation is 1. The molecule has 14 heavy (non-hydrogen) atoms. The van der Waals surface area contributed by atoms with Crippen LogP contribution in [-0.2, 0) is 4.74 Å². The van der Waals surface area contributed by atoms with E-state index in [1.807, 2.05) is 6.92 Å². The Morgan fingerprint density at radius 2 is 2.57 bits per heavy atom. The predicted octanol–water partition coefficient (Wildman–Crippen LogP) is 3.16. The largest absolute Gasteiger partial charge is 0.371 e. The SMILES string of the molecule is Cc1csc(C2OCCCC2CCl)n1. The summed E-state index contributed by atoms with van der Waals surface area (Å²) >= 11 is 7.61. The molecule has 0 spiro atoms. The van der Waals surface area contributed by atoms with E-state index < -0.39 is 0 Å². The third-order valence-electron chi connectivity index (χ3n) is 2.52. The zero-order valence-electron chi connectivity index (χ0n) is 8.20. The maximum atomic E-state index is 5.93. The molecular formula is C10H14ClNOS. The Bertz CT molecular complexity index is 302. The Morgan fingerprint density at radius 3 is 3.21 bits per heavy atom. The van der Waals surface area contributed by atoms with Crippen molar-refractivity contribution < 1.29 is 4.74 Å². The summed E-state index contributed by atoms with van der Waals surface area (Å²) in [7, 11) is 0. The van der Waals surface area contributed by atoms with Gasteiger partial charge in [-0.1, -0.05) is 0 Å². The molecule has 78 valence electrons. The minimum Gasteiger partial charge on any atom is -0.371 e. The maximum Gasteiger partial charge on any atom is 0.122 e. The predicted molar refractivity (Wildman–Crippen MR) is 59.0 cm³/mol. The normalized spacial score (nSPS) is 27.9. The number of rotatable bonds is 2. The van der Waals surface area contributed by atoms with E-state index >= 15 is 0 Å². The number of aromatic nitrogens is 1. The van der Waals surface area contributed by atoms with Crippen LogP contribution in [0.1, 0.15) is 29.6 Å². The third-order valence-corrected chi connectivity index (χ3v) is 3.94. The monoisotopic (exact) mass is 231 g/mol. The summed E-state index contributed by atoms with van der Waals surface area (Å²) in [6.07, 6.45) is 2.42. The summed E-state index contributed by atoms with van der Waals surface area (Å²) in [6.45, 7) is 2.86. The minimum absolute atomic E-state index is 0.139. The van der Waals surface area contributed by atoms with Crippen molar-refractivity contribution >= 4 is 22.9 Å². The van der Waals surface area contributed by atoms with Crippen LogP contribution in [0.5, 0.6) is 0 Å². The smallest absolute Gasteiger partial charge is 0.122 e. The van der Waals surface area contributed by atoms with E-state index in [1.165, 1.54) is 0 Å². The van der Waals surface area contributed by atoms with E-state index in [0.29, 0.717) is 11.8 Å². The molecule has 2 atom stereocenters. The van der Waals surface area contributed by atoms with Crippen molar-refractivity contribution in [3.63, 3.8) is 0 Å². The molecule has 2 rings (SSSR count). The molecule has 2 nitrogen and oxygen atoms in total. The van der Waals surface area contributed by atoms with Crippen LogP contribution in [0.2, 0.25) is 0 Å². The van der Waals surface area contributed by atoms with E-state index in [0.717, 1.165) is 30.2 Å². The van der Waals surface area contributed by atoms with E-state index in [9.17, 15) is 0 Å².